The van der Waals surface area contributed by atoms with E-state index in [1.807, 2.05) is 50.2 Å². The highest BCUT2D eigenvalue weighted by molar-refractivity contribution is 6.03. The fourth-order valence-electron chi connectivity index (χ4n) is 5.22. The molecule has 10 heteroatoms. The zero-order valence-electron chi connectivity index (χ0n) is 26.0. The molecule has 0 N–H and O–H groups in total. The summed E-state index contributed by atoms with van der Waals surface area (Å²) in [5.41, 5.74) is 5.51. The minimum atomic E-state index is -0.351. The van der Waals surface area contributed by atoms with Crippen molar-refractivity contribution in [3.63, 3.8) is 0 Å². The Morgan fingerprint density at radius 3 is 2.39 bits per heavy atom. The molecule has 2 aliphatic heterocycles. The average molecular weight is 604 g/mol. The van der Waals surface area contributed by atoms with E-state index in [4.69, 9.17) is 28.1 Å². The van der Waals surface area contributed by atoms with Crippen molar-refractivity contribution >= 4 is 28.3 Å². The molecule has 0 radical (unpaired) electrons. The van der Waals surface area contributed by atoms with Gasteiger partial charge in [-0.1, -0.05) is 6.07 Å². The maximum atomic E-state index is 12.4. The van der Waals surface area contributed by atoms with Gasteiger partial charge in [0.25, 0.3) is 0 Å². The van der Waals surface area contributed by atoms with Crippen LogP contribution in [0.4, 0.5) is 11.4 Å². The summed E-state index contributed by atoms with van der Waals surface area (Å²) in [6.07, 6.45) is 0. The standard InChI is InChI=1S/C34H41N3O7/c1-5-35-25-7-9-27-30(21-25)44-31-22-26(36(2)3)8-10-28(31)34(27)24-6-11-29-32(20-24)43-19-18-42-17-16-41-15-14-40-13-12-37(29)23-33(38)39-4/h6-11,20-22H,5,12-19,23H2,1-4H3/b35-25+. The monoisotopic (exact) mass is 603 g/mol. The maximum absolute atomic E-state index is 12.4. The first-order chi connectivity index (χ1) is 21.5. The van der Waals surface area contributed by atoms with E-state index in [1.54, 1.807) is 0 Å². The summed E-state index contributed by atoms with van der Waals surface area (Å²) in [6.45, 7) is 6.24. The highest BCUT2D eigenvalue weighted by Crippen LogP contribution is 2.43. The van der Waals surface area contributed by atoms with Crippen molar-refractivity contribution in [2.24, 2.45) is 4.99 Å². The predicted octanol–water partition coefficient (Wildman–Crippen LogP) is 4.61. The van der Waals surface area contributed by atoms with Crippen LogP contribution in [0.25, 0.3) is 33.4 Å². The van der Waals surface area contributed by atoms with Crippen molar-refractivity contribution in [3.8, 4) is 28.2 Å². The van der Waals surface area contributed by atoms with Crippen molar-refractivity contribution in [3.05, 3.63) is 60.0 Å². The van der Waals surface area contributed by atoms with E-state index in [-0.39, 0.29) is 12.5 Å². The number of benzene rings is 3. The molecular formula is C34H41N3O7. The number of hydrogen-bond acceptors (Lipinski definition) is 10. The molecule has 0 saturated carbocycles. The van der Waals surface area contributed by atoms with Gasteiger partial charge in [-0.25, -0.2) is 0 Å². The highest BCUT2D eigenvalue weighted by Gasteiger charge is 2.22. The van der Waals surface area contributed by atoms with Gasteiger partial charge in [0.2, 0.25) is 0 Å². The van der Waals surface area contributed by atoms with Crippen molar-refractivity contribution in [1.82, 2.24) is 0 Å². The van der Waals surface area contributed by atoms with Crippen LogP contribution in [0, 0.1) is 0 Å². The molecule has 2 aromatic carbocycles. The largest absolute Gasteiger partial charge is 0.489 e. The van der Waals surface area contributed by atoms with Gasteiger partial charge in [0.1, 0.15) is 30.2 Å². The molecule has 0 unspecified atom stereocenters. The van der Waals surface area contributed by atoms with Gasteiger partial charge in [0.05, 0.1) is 57.8 Å². The van der Waals surface area contributed by atoms with Gasteiger partial charge in [-0.3, -0.25) is 9.79 Å². The van der Waals surface area contributed by atoms with Gasteiger partial charge in [0, 0.05) is 61.5 Å². The van der Waals surface area contributed by atoms with E-state index in [0.29, 0.717) is 65.1 Å². The van der Waals surface area contributed by atoms with Crippen LogP contribution in [-0.2, 0) is 23.7 Å². The Labute approximate surface area is 258 Å². The van der Waals surface area contributed by atoms with E-state index >= 15 is 0 Å². The summed E-state index contributed by atoms with van der Waals surface area (Å²) in [4.78, 5) is 21.0. The van der Waals surface area contributed by atoms with Crippen LogP contribution < -0.4 is 19.9 Å². The van der Waals surface area contributed by atoms with Crippen molar-refractivity contribution in [2.75, 3.05) is 96.9 Å². The summed E-state index contributed by atoms with van der Waals surface area (Å²) in [6, 6.07) is 18.4. The second-order valence-corrected chi connectivity index (χ2v) is 10.6. The van der Waals surface area contributed by atoms with Crippen LogP contribution in [0.3, 0.4) is 0 Å². The third-order valence-electron chi connectivity index (χ3n) is 7.42. The normalized spacial score (nSPS) is 15.7. The Kier molecular flexibility index (Phi) is 10.7. The SMILES string of the molecule is CC/N=c1\ccc2c(-c3ccc4c(c3)OCCOCCOCCOCCN4CC(=O)OC)c3ccc(N(C)C)cc3oc-2c1. The van der Waals surface area contributed by atoms with Gasteiger partial charge in [-0.2, -0.15) is 0 Å². The van der Waals surface area contributed by atoms with E-state index < -0.39 is 0 Å². The second kappa shape index (κ2) is 15.1. The van der Waals surface area contributed by atoms with Crippen LogP contribution in [0.15, 0.2) is 64.0 Å². The first-order valence-corrected chi connectivity index (χ1v) is 15.0. The molecule has 0 bridgehead atoms. The first kappa shape index (κ1) is 31.3. The summed E-state index contributed by atoms with van der Waals surface area (Å²) in [5.74, 6) is 1.03. The Morgan fingerprint density at radius 1 is 0.909 bits per heavy atom. The summed E-state index contributed by atoms with van der Waals surface area (Å²) in [5, 5.41) is 1.84. The van der Waals surface area contributed by atoms with Crippen LogP contribution in [0.5, 0.6) is 5.75 Å². The van der Waals surface area contributed by atoms with Crippen molar-refractivity contribution < 1.29 is 32.9 Å². The lowest BCUT2D eigenvalue weighted by Crippen LogP contribution is -2.34. The first-order valence-electron chi connectivity index (χ1n) is 15.0. The third kappa shape index (κ3) is 7.50. The minimum absolute atomic E-state index is 0.0513. The Morgan fingerprint density at radius 2 is 1.66 bits per heavy atom. The highest BCUT2D eigenvalue weighted by atomic mass is 16.6. The molecule has 3 aliphatic rings. The zero-order chi connectivity index (χ0) is 30.9. The zero-order valence-corrected chi connectivity index (χ0v) is 26.0. The van der Waals surface area contributed by atoms with Crippen molar-refractivity contribution in [2.45, 2.75) is 6.92 Å². The van der Waals surface area contributed by atoms with Crippen LogP contribution in [-0.4, -0.2) is 93.1 Å². The number of hydrogen-bond donors (Lipinski definition) is 0. The van der Waals surface area contributed by atoms with Crippen LogP contribution >= 0.6 is 0 Å². The molecule has 1 aliphatic carbocycles. The number of esters is 1. The second-order valence-electron chi connectivity index (χ2n) is 10.6. The molecule has 10 nitrogen and oxygen atoms in total. The topological polar surface area (TPSA) is 95.2 Å². The van der Waals surface area contributed by atoms with E-state index in [9.17, 15) is 4.79 Å². The number of fused-ring (bicyclic) bond motifs is 3. The molecular weight excluding hydrogens is 562 g/mol. The molecule has 0 aromatic heterocycles. The van der Waals surface area contributed by atoms with Gasteiger partial charge in [0.15, 0.2) is 0 Å². The van der Waals surface area contributed by atoms with E-state index in [2.05, 4.69) is 40.2 Å². The molecule has 2 heterocycles. The number of anilines is 2. The lowest BCUT2D eigenvalue weighted by Gasteiger charge is -2.26. The minimum Gasteiger partial charge on any atom is -0.489 e. The molecule has 44 heavy (non-hydrogen) atoms. The molecule has 0 amide bonds. The van der Waals surface area contributed by atoms with Crippen LogP contribution in [0.2, 0.25) is 0 Å². The van der Waals surface area contributed by atoms with E-state index in [1.165, 1.54) is 7.11 Å². The molecule has 2 aromatic rings. The van der Waals surface area contributed by atoms with E-state index in [0.717, 1.165) is 50.2 Å². The molecule has 0 fully saturated rings. The molecule has 234 valence electrons. The van der Waals surface area contributed by atoms with Gasteiger partial charge in [-0.05, 0) is 48.9 Å². The molecule has 0 spiro atoms. The average Bonchev–Trinajstić information content (AvgIpc) is 3.03. The summed E-state index contributed by atoms with van der Waals surface area (Å²) in [7, 11) is 5.41. The molecule has 0 atom stereocenters. The smallest absolute Gasteiger partial charge is 0.325 e. The maximum Gasteiger partial charge on any atom is 0.325 e. The number of carbonyl (C=O) groups excluding carboxylic acids is 1. The number of methoxy groups -OCH3 is 1. The van der Waals surface area contributed by atoms with Crippen LogP contribution in [0.1, 0.15) is 6.92 Å². The Bertz CT molecular complexity index is 1600. The number of carbonyl (C=O) groups is 1. The lowest BCUT2D eigenvalue weighted by atomic mass is 9.93. The quantitative estimate of drug-likeness (QED) is 0.239. The molecule has 5 rings (SSSR count). The van der Waals surface area contributed by atoms with Gasteiger partial charge < -0.3 is 37.9 Å². The Balaban J connectivity index is 1.65. The fourth-order valence-corrected chi connectivity index (χ4v) is 5.22. The fraction of sp³-hybridized carbons (Fsp3) is 0.412. The lowest BCUT2D eigenvalue weighted by molar-refractivity contribution is -0.139. The predicted molar refractivity (Wildman–Crippen MR) is 171 cm³/mol. The number of nitrogens with zero attached hydrogens (tertiary/aromatic N) is 3. The van der Waals surface area contributed by atoms with Gasteiger partial charge in [-0.15, -0.1) is 0 Å². The number of rotatable bonds is 5. The summed E-state index contributed by atoms with van der Waals surface area (Å²) < 4.78 is 34.9. The molecule has 0 saturated heterocycles. The summed E-state index contributed by atoms with van der Waals surface area (Å²) >= 11 is 0. The third-order valence-corrected chi connectivity index (χ3v) is 7.42. The van der Waals surface area contributed by atoms with Gasteiger partial charge >= 0.3 is 5.97 Å². The number of ether oxygens (including phenoxy) is 5. The van der Waals surface area contributed by atoms with Crippen molar-refractivity contribution in [1.29, 1.82) is 0 Å². The Hall–Kier alpha value is -4.12.